The average Bonchev–Trinajstić information content (AvgIpc) is 2.61. The maximum Gasteiger partial charge on any atom is 0.309 e. The molecule has 1 aromatic carbocycles. The third kappa shape index (κ3) is 1.52. The average molecular weight is 190 g/mol. The molecule has 1 aliphatic rings. The summed E-state index contributed by atoms with van der Waals surface area (Å²) in [4.78, 5) is 11.4. The summed E-state index contributed by atoms with van der Waals surface area (Å²) in [5.41, 5.74) is 1.21. The minimum absolute atomic E-state index is 0.0404. The lowest BCUT2D eigenvalue weighted by Crippen LogP contribution is -2.13. The third-order valence-corrected chi connectivity index (χ3v) is 2.86. The van der Waals surface area contributed by atoms with Gasteiger partial charge in [-0.05, 0) is 12.0 Å². The molecule has 1 aliphatic heterocycles. The summed E-state index contributed by atoms with van der Waals surface area (Å²) in [5, 5.41) is 0. The molecule has 2 atom stereocenters. The lowest BCUT2D eigenvalue weighted by atomic mass is 9.87. The van der Waals surface area contributed by atoms with Gasteiger partial charge in [-0.3, -0.25) is 4.79 Å². The first-order chi connectivity index (χ1) is 6.83. The maximum atomic E-state index is 11.4. The van der Waals surface area contributed by atoms with Gasteiger partial charge in [0, 0.05) is 5.92 Å². The predicted octanol–water partition coefficient (Wildman–Crippen LogP) is 2.35. The highest BCUT2D eigenvalue weighted by Crippen LogP contribution is 2.33. The van der Waals surface area contributed by atoms with Gasteiger partial charge in [0.2, 0.25) is 0 Å². The molecule has 0 bridgehead atoms. The summed E-state index contributed by atoms with van der Waals surface area (Å²) >= 11 is 0. The van der Waals surface area contributed by atoms with Crippen LogP contribution in [0.5, 0.6) is 0 Å². The van der Waals surface area contributed by atoms with Crippen LogP contribution in [0.1, 0.15) is 24.8 Å². The third-order valence-electron chi connectivity index (χ3n) is 2.86. The fraction of sp³-hybridized carbons (Fsp3) is 0.417. The van der Waals surface area contributed by atoms with Crippen molar-refractivity contribution in [3.8, 4) is 0 Å². The molecule has 0 saturated carbocycles. The lowest BCUT2D eigenvalue weighted by molar-refractivity contribution is -0.141. The molecule has 0 aliphatic carbocycles. The normalized spacial score (nSPS) is 26.2. The van der Waals surface area contributed by atoms with Gasteiger partial charge in [-0.15, -0.1) is 0 Å². The smallest absolute Gasteiger partial charge is 0.309 e. The first-order valence-electron chi connectivity index (χ1n) is 5.04. The second kappa shape index (κ2) is 3.82. The Morgan fingerprint density at radius 2 is 2.07 bits per heavy atom. The van der Waals surface area contributed by atoms with Crippen LogP contribution in [0.3, 0.4) is 0 Å². The molecular formula is C12H14O2. The van der Waals surface area contributed by atoms with Gasteiger partial charge in [0.05, 0.1) is 12.5 Å². The minimum atomic E-state index is -0.0404. The molecule has 14 heavy (non-hydrogen) atoms. The Bertz CT molecular complexity index is 318. The van der Waals surface area contributed by atoms with Gasteiger partial charge < -0.3 is 4.74 Å². The van der Waals surface area contributed by atoms with Crippen LogP contribution in [-0.4, -0.2) is 12.6 Å². The van der Waals surface area contributed by atoms with Crippen LogP contribution < -0.4 is 0 Å². The van der Waals surface area contributed by atoms with Crippen LogP contribution in [0.25, 0.3) is 0 Å². The van der Waals surface area contributed by atoms with Crippen molar-refractivity contribution in [2.75, 3.05) is 6.61 Å². The molecular weight excluding hydrogens is 176 g/mol. The summed E-state index contributed by atoms with van der Waals surface area (Å²) in [6, 6.07) is 10.1. The molecule has 0 amide bonds. The Hall–Kier alpha value is -1.31. The molecule has 2 nitrogen and oxygen atoms in total. The summed E-state index contributed by atoms with van der Waals surface area (Å²) in [7, 11) is 0. The van der Waals surface area contributed by atoms with E-state index < -0.39 is 0 Å². The van der Waals surface area contributed by atoms with Gasteiger partial charge in [0.15, 0.2) is 0 Å². The molecule has 0 unspecified atom stereocenters. The molecule has 2 rings (SSSR count). The zero-order valence-corrected chi connectivity index (χ0v) is 8.27. The number of cyclic esters (lactones) is 1. The van der Waals surface area contributed by atoms with Gasteiger partial charge >= 0.3 is 5.97 Å². The van der Waals surface area contributed by atoms with E-state index in [0.717, 1.165) is 6.42 Å². The van der Waals surface area contributed by atoms with E-state index in [9.17, 15) is 4.79 Å². The number of esters is 1. The number of hydrogen-bond acceptors (Lipinski definition) is 2. The standard InChI is InChI=1S/C12H14O2/c1-2-10-11(8-14-12(10)13)9-6-4-3-5-7-9/h3-7,10-11H,2,8H2,1H3/t10-,11-/m1/s1. The van der Waals surface area contributed by atoms with Crippen molar-refractivity contribution in [2.45, 2.75) is 19.3 Å². The molecule has 2 heteroatoms. The van der Waals surface area contributed by atoms with E-state index in [1.54, 1.807) is 0 Å². The van der Waals surface area contributed by atoms with Gasteiger partial charge in [-0.25, -0.2) is 0 Å². The van der Waals surface area contributed by atoms with E-state index in [1.165, 1.54) is 5.56 Å². The van der Waals surface area contributed by atoms with E-state index >= 15 is 0 Å². The first-order valence-corrected chi connectivity index (χ1v) is 5.04. The number of carbonyl (C=O) groups excluding carboxylic acids is 1. The van der Waals surface area contributed by atoms with Gasteiger partial charge in [0.1, 0.15) is 0 Å². The van der Waals surface area contributed by atoms with E-state index in [2.05, 4.69) is 12.1 Å². The van der Waals surface area contributed by atoms with E-state index in [4.69, 9.17) is 4.74 Å². The second-order valence-electron chi connectivity index (χ2n) is 3.66. The molecule has 0 N–H and O–H groups in total. The lowest BCUT2D eigenvalue weighted by Gasteiger charge is -2.12. The van der Waals surface area contributed by atoms with Crippen LogP contribution in [0, 0.1) is 5.92 Å². The van der Waals surface area contributed by atoms with E-state index in [1.807, 2.05) is 25.1 Å². The van der Waals surface area contributed by atoms with Gasteiger partial charge in [-0.2, -0.15) is 0 Å². The van der Waals surface area contributed by atoms with Crippen molar-refractivity contribution in [3.63, 3.8) is 0 Å². The van der Waals surface area contributed by atoms with Crippen molar-refractivity contribution in [3.05, 3.63) is 35.9 Å². The first kappa shape index (κ1) is 9.25. The predicted molar refractivity (Wildman–Crippen MR) is 53.9 cm³/mol. The number of ether oxygens (including phenoxy) is 1. The van der Waals surface area contributed by atoms with Crippen LogP contribution in [0.4, 0.5) is 0 Å². The monoisotopic (exact) mass is 190 g/mol. The van der Waals surface area contributed by atoms with E-state index in [0.29, 0.717) is 6.61 Å². The van der Waals surface area contributed by atoms with Crippen molar-refractivity contribution < 1.29 is 9.53 Å². The SMILES string of the molecule is CC[C@H]1C(=O)OC[C@@H]1c1ccccc1. The topological polar surface area (TPSA) is 26.3 Å². The number of carbonyl (C=O) groups is 1. The highest BCUT2D eigenvalue weighted by molar-refractivity contribution is 5.76. The highest BCUT2D eigenvalue weighted by Gasteiger charge is 2.36. The van der Waals surface area contributed by atoms with Crippen molar-refractivity contribution >= 4 is 5.97 Å². The van der Waals surface area contributed by atoms with Crippen LogP contribution in [-0.2, 0) is 9.53 Å². The van der Waals surface area contributed by atoms with Gasteiger partial charge in [-0.1, -0.05) is 37.3 Å². The molecule has 0 aromatic heterocycles. The van der Waals surface area contributed by atoms with Crippen LogP contribution >= 0.6 is 0 Å². The number of rotatable bonds is 2. The van der Waals surface area contributed by atoms with Crippen molar-refractivity contribution in [1.82, 2.24) is 0 Å². The highest BCUT2D eigenvalue weighted by atomic mass is 16.5. The molecule has 1 aromatic rings. The van der Waals surface area contributed by atoms with Crippen molar-refractivity contribution in [1.29, 1.82) is 0 Å². The second-order valence-corrected chi connectivity index (χ2v) is 3.66. The van der Waals surface area contributed by atoms with Crippen LogP contribution in [0.2, 0.25) is 0 Å². The zero-order chi connectivity index (χ0) is 9.97. The Labute approximate surface area is 83.9 Å². The summed E-state index contributed by atoms with van der Waals surface area (Å²) in [5.74, 6) is 0.271. The Morgan fingerprint density at radius 3 is 2.71 bits per heavy atom. The molecule has 74 valence electrons. The number of benzene rings is 1. The van der Waals surface area contributed by atoms with Crippen molar-refractivity contribution in [2.24, 2.45) is 5.92 Å². The number of hydrogen-bond donors (Lipinski definition) is 0. The fourth-order valence-electron chi connectivity index (χ4n) is 2.04. The van der Waals surface area contributed by atoms with Gasteiger partial charge in [0.25, 0.3) is 0 Å². The fourth-order valence-corrected chi connectivity index (χ4v) is 2.04. The Morgan fingerprint density at radius 1 is 1.36 bits per heavy atom. The Balaban J connectivity index is 2.23. The quantitative estimate of drug-likeness (QED) is 0.669. The maximum absolute atomic E-state index is 11.4. The summed E-state index contributed by atoms with van der Waals surface area (Å²) in [6.45, 7) is 2.58. The summed E-state index contributed by atoms with van der Waals surface area (Å²) < 4.78 is 5.08. The molecule has 0 spiro atoms. The van der Waals surface area contributed by atoms with Crippen LogP contribution in [0.15, 0.2) is 30.3 Å². The summed E-state index contributed by atoms with van der Waals surface area (Å²) in [6.07, 6.45) is 0.860. The molecule has 1 fully saturated rings. The molecule has 0 radical (unpaired) electrons. The Kier molecular flexibility index (Phi) is 2.53. The van der Waals surface area contributed by atoms with E-state index in [-0.39, 0.29) is 17.8 Å². The molecule has 1 heterocycles. The zero-order valence-electron chi connectivity index (χ0n) is 8.27. The minimum Gasteiger partial charge on any atom is -0.465 e. The largest absolute Gasteiger partial charge is 0.465 e. The molecule has 1 saturated heterocycles.